The van der Waals surface area contributed by atoms with Crippen molar-refractivity contribution in [1.29, 1.82) is 0 Å². The summed E-state index contributed by atoms with van der Waals surface area (Å²) in [7, 11) is 0. The van der Waals surface area contributed by atoms with Crippen LogP contribution in [0.15, 0.2) is 84.9 Å². The Morgan fingerprint density at radius 3 is 1.81 bits per heavy atom. The molecule has 2 heteroatoms. The van der Waals surface area contributed by atoms with E-state index in [9.17, 15) is 0 Å². The molecule has 3 aromatic rings. The molecule has 2 nitrogen and oxygen atoms in total. The number of allylic oxidation sites excluding steroid dienone is 1. The van der Waals surface area contributed by atoms with Gasteiger partial charge >= 0.3 is 0 Å². The molecular weight excluding hydrogens is 376 g/mol. The summed E-state index contributed by atoms with van der Waals surface area (Å²) in [4.78, 5) is 0. The van der Waals surface area contributed by atoms with Crippen molar-refractivity contribution in [3.63, 3.8) is 0 Å². The van der Waals surface area contributed by atoms with Gasteiger partial charge in [-0.1, -0.05) is 98.8 Å². The van der Waals surface area contributed by atoms with Crippen LogP contribution in [0.25, 0.3) is 5.57 Å². The van der Waals surface area contributed by atoms with Gasteiger partial charge in [-0.3, -0.25) is 0 Å². The van der Waals surface area contributed by atoms with Gasteiger partial charge in [-0.15, -0.1) is 0 Å². The van der Waals surface area contributed by atoms with Crippen molar-refractivity contribution in [2.75, 3.05) is 26.2 Å². The standard InChI is InChI=1S/C29H34N2/c1-3-30-21-29(22-31-4-2)20-26(19-24-14-9-6-10-15-24)28-25(16-11-17-27(28)29)18-23-12-7-5-8-13-23/h5-17,20,30-31H,3-4,18-19,21-22H2,1-2H3. The Balaban J connectivity index is 1.80. The molecule has 2 N–H and O–H groups in total. The monoisotopic (exact) mass is 410 g/mol. The van der Waals surface area contributed by atoms with Crippen LogP contribution in [0.1, 0.15) is 41.7 Å². The number of hydrogen-bond acceptors (Lipinski definition) is 2. The van der Waals surface area contributed by atoms with Gasteiger partial charge in [0.1, 0.15) is 0 Å². The van der Waals surface area contributed by atoms with Crippen LogP contribution in [-0.4, -0.2) is 26.2 Å². The van der Waals surface area contributed by atoms with Gasteiger partial charge in [-0.2, -0.15) is 0 Å². The summed E-state index contributed by atoms with van der Waals surface area (Å²) in [5, 5.41) is 7.30. The molecule has 0 saturated carbocycles. The molecule has 0 saturated heterocycles. The second kappa shape index (κ2) is 10.1. The Bertz CT molecular complexity index is 997. The summed E-state index contributed by atoms with van der Waals surface area (Å²) in [5.41, 5.74) is 8.55. The molecule has 3 aromatic carbocycles. The van der Waals surface area contributed by atoms with E-state index >= 15 is 0 Å². The zero-order valence-electron chi connectivity index (χ0n) is 18.8. The highest BCUT2D eigenvalue weighted by molar-refractivity contribution is 5.80. The van der Waals surface area contributed by atoms with Crippen molar-refractivity contribution in [3.05, 3.63) is 113 Å². The minimum Gasteiger partial charge on any atom is -0.316 e. The summed E-state index contributed by atoms with van der Waals surface area (Å²) < 4.78 is 0. The molecule has 0 bridgehead atoms. The molecule has 0 spiro atoms. The average Bonchev–Trinajstić information content (AvgIpc) is 3.12. The minimum absolute atomic E-state index is 0.0157. The number of hydrogen-bond donors (Lipinski definition) is 2. The van der Waals surface area contributed by atoms with Crippen LogP contribution < -0.4 is 10.6 Å². The van der Waals surface area contributed by atoms with Gasteiger partial charge in [-0.05, 0) is 59.3 Å². The highest BCUT2D eigenvalue weighted by atomic mass is 14.9. The zero-order chi connectivity index (χ0) is 21.5. The first-order valence-electron chi connectivity index (χ1n) is 11.6. The molecule has 31 heavy (non-hydrogen) atoms. The third-order valence-corrected chi connectivity index (χ3v) is 6.31. The van der Waals surface area contributed by atoms with Gasteiger partial charge in [-0.25, -0.2) is 0 Å². The normalized spacial score (nSPS) is 14.3. The van der Waals surface area contributed by atoms with Gasteiger partial charge in [0.25, 0.3) is 0 Å². The first-order valence-corrected chi connectivity index (χ1v) is 11.6. The van der Waals surface area contributed by atoms with E-state index in [0.717, 1.165) is 39.0 Å². The molecule has 1 aliphatic rings. The Hall–Kier alpha value is -2.68. The molecule has 1 aliphatic carbocycles. The second-order valence-electron chi connectivity index (χ2n) is 8.55. The zero-order valence-corrected chi connectivity index (χ0v) is 18.8. The van der Waals surface area contributed by atoms with Crippen LogP contribution in [0.2, 0.25) is 0 Å². The van der Waals surface area contributed by atoms with E-state index in [-0.39, 0.29) is 5.41 Å². The molecular formula is C29H34N2. The fourth-order valence-corrected chi connectivity index (χ4v) is 4.85. The first-order chi connectivity index (χ1) is 15.3. The Kier molecular flexibility index (Phi) is 7.01. The molecule has 0 atom stereocenters. The van der Waals surface area contributed by atoms with Crippen molar-refractivity contribution in [3.8, 4) is 0 Å². The maximum Gasteiger partial charge on any atom is 0.0393 e. The van der Waals surface area contributed by atoms with Gasteiger partial charge in [0.15, 0.2) is 0 Å². The summed E-state index contributed by atoms with van der Waals surface area (Å²) >= 11 is 0. The van der Waals surface area contributed by atoms with Crippen LogP contribution in [0.5, 0.6) is 0 Å². The number of likely N-dealkylation sites (N-methyl/N-ethyl adjacent to an activating group) is 2. The molecule has 0 aliphatic heterocycles. The molecule has 4 rings (SSSR count). The second-order valence-corrected chi connectivity index (χ2v) is 8.55. The average molecular weight is 411 g/mol. The third-order valence-electron chi connectivity index (χ3n) is 6.31. The molecule has 160 valence electrons. The summed E-state index contributed by atoms with van der Waals surface area (Å²) in [5.74, 6) is 0. The van der Waals surface area contributed by atoms with Crippen molar-refractivity contribution in [2.24, 2.45) is 0 Å². The molecule has 0 radical (unpaired) electrons. The molecule has 0 heterocycles. The summed E-state index contributed by atoms with van der Waals surface area (Å²) in [6.45, 7) is 8.26. The predicted octanol–water partition coefficient (Wildman–Crippen LogP) is 5.37. The van der Waals surface area contributed by atoms with Crippen molar-refractivity contribution in [1.82, 2.24) is 10.6 Å². The van der Waals surface area contributed by atoms with E-state index in [1.807, 2.05) is 0 Å². The Morgan fingerprint density at radius 1 is 0.645 bits per heavy atom. The van der Waals surface area contributed by atoms with E-state index in [4.69, 9.17) is 0 Å². The number of nitrogens with one attached hydrogen (secondary N) is 2. The molecule has 0 unspecified atom stereocenters. The first kappa shape index (κ1) is 21.5. The molecule has 0 aromatic heterocycles. The van der Waals surface area contributed by atoms with Gasteiger partial charge in [0.2, 0.25) is 0 Å². The van der Waals surface area contributed by atoms with Crippen molar-refractivity contribution < 1.29 is 0 Å². The summed E-state index contributed by atoms with van der Waals surface area (Å²) in [6, 6.07) is 28.7. The number of benzene rings is 3. The predicted molar refractivity (Wildman–Crippen MR) is 133 cm³/mol. The quantitative estimate of drug-likeness (QED) is 0.469. The SMILES string of the molecule is CCNCC1(CNCC)C=C(Cc2ccccc2)c2c(Cc3ccccc3)cccc21. The fourth-order valence-electron chi connectivity index (χ4n) is 4.85. The van der Waals surface area contributed by atoms with E-state index in [0.29, 0.717) is 0 Å². The van der Waals surface area contributed by atoms with E-state index < -0.39 is 0 Å². The van der Waals surface area contributed by atoms with Crippen molar-refractivity contribution in [2.45, 2.75) is 32.1 Å². The number of fused-ring (bicyclic) bond motifs is 1. The lowest BCUT2D eigenvalue weighted by atomic mass is 9.81. The molecule has 0 amide bonds. The highest BCUT2D eigenvalue weighted by Crippen LogP contribution is 2.44. The Morgan fingerprint density at radius 2 is 1.23 bits per heavy atom. The van der Waals surface area contributed by atoms with E-state index in [1.54, 1.807) is 0 Å². The lowest BCUT2D eigenvalue weighted by Gasteiger charge is -2.30. The van der Waals surface area contributed by atoms with Gasteiger partial charge < -0.3 is 10.6 Å². The van der Waals surface area contributed by atoms with E-state index in [2.05, 4.69) is 109 Å². The Labute approximate surface area is 187 Å². The third kappa shape index (κ3) is 4.81. The molecule has 0 fully saturated rings. The smallest absolute Gasteiger partial charge is 0.0393 e. The van der Waals surface area contributed by atoms with Crippen LogP contribution >= 0.6 is 0 Å². The summed E-state index contributed by atoms with van der Waals surface area (Å²) in [6.07, 6.45) is 4.50. The topological polar surface area (TPSA) is 24.1 Å². The van der Waals surface area contributed by atoms with E-state index in [1.165, 1.54) is 33.4 Å². The largest absolute Gasteiger partial charge is 0.316 e. The maximum absolute atomic E-state index is 3.65. The van der Waals surface area contributed by atoms with Gasteiger partial charge in [0.05, 0.1) is 0 Å². The number of rotatable bonds is 10. The lowest BCUT2D eigenvalue weighted by Crippen LogP contribution is -2.43. The maximum atomic E-state index is 3.65. The highest BCUT2D eigenvalue weighted by Gasteiger charge is 2.38. The van der Waals surface area contributed by atoms with Crippen LogP contribution in [0.3, 0.4) is 0 Å². The fraction of sp³-hybridized carbons (Fsp3) is 0.310. The lowest BCUT2D eigenvalue weighted by molar-refractivity contribution is 0.459. The van der Waals surface area contributed by atoms with Crippen LogP contribution in [0.4, 0.5) is 0 Å². The minimum atomic E-state index is -0.0157. The van der Waals surface area contributed by atoms with Crippen LogP contribution in [0, 0.1) is 0 Å². The van der Waals surface area contributed by atoms with Crippen molar-refractivity contribution >= 4 is 5.57 Å². The van der Waals surface area contributed by atoms with Gasteiger partial charge in [0, 0.05) is 18.5 Å². The van der Waals surface area contributed by atoms with Crippen LogP contribution in [-0.2, 0) is 18.3 Å².